The van der Waals surface area contributed by atoms with Crippen molar-refractivity contribution in [3.05, 3.63) is 67.0 Å². The molecule has 0 aliphatic rings. The quantitative estimate of drug-likeness (QED) is 0.626. The third kappa shape index (κ3) is 2.31. The molecule has 4 heterocycles. The summed E-state index contributed by atoms with van der Waals surface area (Å²) < 4.78 is 0. The molecule has 106 valence electrons. The largest absolute Gasteiger partial charge is 0.360 e. The molecule has 0 fully saturated rings. The lowest BCUT2D eigenvalue weighted by molar-refractivity contribution is 0.890. The van der Waals surface area contributed by atoms with Crippen LogP contribution in [-0.2, 0) is 6.42 Å². The van der Waals surface area contributed by atoms with E-state index in [0.29, 0.717) is 18.1 Å². The average Bonchev–Trinajstić information content (AvgIpc) is 3.00. The number of aromatic nitrogens is 6. The monoisotopic (exact) mass is 288 g/mol. The van der Waals surface area contributed by atoms with Crippen molar-refractivity contribution in [1.29, 1.82) is 0 Å². The van der Waals surface area contributed by atoms with Gasteiger partial charge in [0.1, 0.15) is 11.6 Å². The number of nitrogens with zero attached hydrogens (tertiary/aromatic N) is 5. The van der Waals surface area contributed by atoms with E-state index in [4.69, 9.17) is 0 Å². The van der Waals surface area contributed by atoms with Crippen LogP contribution in [0.4, 0.5) is 0 Å². The number of fused-ring (bicyclic) bond motifs is 1. The zero-order valence-corrected chi connectivity index (χ0v) is 11.6. The molecule has 0 saturated heterocycles. The van der Waals surface area contributed by atoms with E-state index in [2.05, 4.69) is 29.9 Å². The van der Waals surface area contributed by atoms with Crippen LogP contribution in [0, 0.1) is 0 Å². The van der Waals surface area contributed by atoms with Gasteiger partial charge in [0, 0.05) is 53.6 Å². The van der Waals surface area contributed by atoms with Crippen LogP contribution >= 0.6 is 0 Å². The Kier molecular flexibility index (Phi) is 3.05. The lowest BCUT2D eigenvalue weighted by atomic mass is 10.1. The number of aromatic amines is 1. The first-order valence-electron chi connectivity index (χ1n) is 6.89. The number of pyridine rings is 1. The van der Waals surface area contributed by atoms with Gasteiger partial charge < -0.3 is 4.98 Å². The van der Waals surface area contributed by atoms with Crippen LogP contribution in [0.2, 0.25) is 0 Å². The third-order valence-electron chi connectivity index (χ3n) is 3.40. The first-order valence-corrected chi connectivity index (χ1v) is 6.89. The minimum Gasteiger partial charge on any atom is -0.360 e. The highest BCUT2D eigenvalue weighted by molar-refractivity contribution is 5.93. The van der Waals surface area contributed by atoms with Crippen molar-refractivity contribution >= 4 is 10.9 Å². The molecule has 0 spiro atoms. The average molecular weight is 288 g/mol. The number of H-pyrrole nitrogens is 1. The van der Waals surface area contributed by atoms with Gasteiger partial charge in [-0.15, -0.1) is 0 Å². The molecule has 0 aromatic carbocycles. The van der Waals surface area contributed by atoms with E-state index >= 15 is 0 Å². The molecular weight excluding hydrogens is 276 g/mol. The summed E-state index contributed by atoms with van der Waals surface area (Å²) in [5.41, 5.74) is 2.91. The Morgan fingerprint density at radius 3 is 2.68 bits per heavy atom. The van der Waals surface area contributed by atoms with Crippen LogP contribution in [0.1, 0.15) is 11.6 Å². The van der Waals surface area contributed by atoms with Gasteiger partial charge in [-0.25, -0.2) is 19.9 Å². The van der Waals surface area contributed by atoms with Crippen LogP contribution < -0.4 is 0 Å². The molecule has 0 aliphatic carbocycles. The lowest BCUT2D eigenvalue weighted by Crippen LogP contribution is -2.01. The van der Waals surface area contributed by atoms with Gasteiger partial charge in [0.05, 0.1) is 12.1 Å². The Morgan fingerprint density at radius 2 is 1.77 bits per heavy atom. The van der Waals surface area contributed by atoms with Gasteiger partial charge in [-0.05, 0) is 18.2 Å². The van der Waals surface area contributed by atoms with E-state index in [1.165, 1.54) is 0 Å². The maximum absolute atomic E-state index is 4.62. The van der Waals surface area contributed by atoms with Crippen molar-refractivity contribution < 1.29 is 0 Å². The minimum absolute atomic E-state index is 0.509. The van der Waals surface area contributed by atoms with Crippen LogP contribution in [0.5, 0.6) is 0 Å². The van der Waals surface area contributed by atoms with Gasteiger partial charge in [0.25, 0.3) is 0 Å². The highest BCUT2D eigenvalue weighted by Crippen LogP contribution is 2.26. The summed E-state index contributed by atoms with van der Waals surface area (Å²) in [7, 11) is 0. The Balaban J connectivity index is 1.73. The summed E-state index contributed by atoms with van der Waals surface area (Å²) in [6, 6.07) is 5.63. The van der Waals surface area contributed by atoms with Crippen LogP contribution in [0.3, 0.4) is 0 Å². The maximum atomic E-state index is 4.62. The van der Waals surface area contributed by atoms with Crippen molar-refractivity contribution in [1.82, 2.24) is 29.9 Å². The maximum Gasteiger partial charge on any atom is 0.136 e. The second-order valence-electron chi connectivity index (χ2n) is 4.82. The summed E-state index contributed by atoms with van der Waals surface area (Å²) in [4.78, 5) is 24.8. The van der Waals surface area contributed by atoms with Crippen molar-refractivity contribution in [3.63, 3.8) is 0 Å². The van der Waals surface area contributed by atoms with E-state index in [1.807, 2.05) is 24.5 Å². The lowest BCUT2D eigenvalue weighted by Gasteiger charge is -2.02. The Bertz CT molecular complexity index is 916. The van der Waals surface area contributed by atoms with Gasteiger partial charge in [-0.2, -0.15) is 0 Å². The zero-order chi connectivity index (χ0) is 14.8. The molecular formula is C16H12N6. The second-order valence-corrected chi connectivity index (χ2v) is 4.82. The minimum atomic E-state index is 0.509. The fourth-order valence-corrected chi connectivity index (χ4v) is 2.37. The van der Waals surface area contributed by atoms with Crippen LogP contribution in [0.25, 0.3) is 22.2 Å². The van der Waals surface area contributed by atoms with E-state index in [1.54, 1.807) is 30.9 Å². The molecule has 6 nitrogen and oxygen atoms in total. The third-order valence-corrected chi connectivity index (χ3v) is 3.40. The van der Waals surface area contributed by atoms with Crippen molar-refractivity contribution in [2.24, 2.45) is 0 Å². The predicted octanol–water partition coefficient (Wildman–Crippen LogP) is 2.40. The fourth-order valence-electron chi connectivity index (χ4n) is 2.37. The first-order chi connectivity index (χ1) is 10.9. The van der Waals surface area contributed by atoms with E-state index in [0.717, 1.165) is 22.2 Å². The van der Waals surface area contributed by atoms with E-state index in [9.17, 15) is 0 Å². The predicted molar refractivity (Wildman–Crippen MR) is 82.0 cm³/mol. The molecule has 22 heavy (non-hydrogen) atoms. The van der Waals surface area contributed by atoms with Gasteiger partial charge in [-0.1, -0.05) is 0 Å². The number of hydrogen-bond donors (Lipinski definition) is 1. The van der Waals surface area contributed by atoms with E-state index in [-0.39, 0.29) is 0 Å². The molecule has 6 heteroatoms. The standard InChI is InChI=1S/C16H12N6/c1-4-18-15(19-5-1)8-16-20-7-3-14(22-16)12-10-21-13-2-6-17-9-11(12)13/h1-7,9-10,21H,8H2. The molecule has 0 bridgehead atoms. The Labute approximate surface area is 126 Å². The smallest absolute Gasteiger partial charge is 0.136 e. The summed E-state index contributed by atoms with van der Waals surface area (Å²) in [6.45, 7) is 0. The molecule has 0 atom stereocenters. The Hall–Kier alpha value is -3.15. The van der Waals surface area contributed by atoms with Crippen molar-refractivity contribution in [3.8, 4) is 11.3 Å². The molecule has 0 saturated carbocycles. The second kappa shape index (κ2) is 5.33. The molecule has 1 N–H and O–H groups in total. The summed E-state index contributed by atoms with van der Waals surface area (Å²) in [6.07, 6.45) is 11.3. The molecule has 4 rings (SSSR count). The van der Waals surface area contributed by atoms with Crippen molar-refractivity contribution in [2.45, 2.75) is 6.42 Å². The van der Waals surface area contributed by atoms with Gasteiger partial charge in [0.2, 0.25) is 0 Å². The fraction of sp³-hybridized carbons (Fsp3) is 0.0625. The Morgan fingerprint density at radius 1 is 0.909 bits per heavy atom. The van der Waals surface area contributed by atoms with Crippen LogP contribution in [-0.4, -0.2) is 29.9 Å². The van der Waals surface area contributed by atoms with Gasteiger partial charge >= 0.3 is 0 Å². The summed E-state index contributed by atoms with van der Waals surface area (Å²) in [5.74, 6) is 1.40. The highest BCUT2D eigenvalue weighted by atomic mass is 14.9. The SMILES string of the molecule is c1cnc(Cc2nccc(-c3c[nH]c4ccncc34)n2)nc1. The normalized spacial score (nSPS) is 10.9. The highest BCUT2D eigenvalue weighted by Gasteiger charge is 2.09. The molecule has 4 aromatic rings. The van der Waals surface area contributed by atoms with E-state index < -0.39 is 0 Å². The molecule has 0 unspecified atom stereocenters. The summed E-state index contributed by atoms with van der Waals surface area (Å²) >= 11 is 0. The number of nitrogens with one attached hydrogen (secondary N) is 1. The van der Waals surface area contributed by atoms with Crippen molar-refractivity contribution in [2.75, 3.05) is 0 Å². The van der Waals surface area contributed by atoms with Crippen LogP contribution in [0.15, 0.2) is 55.4 Å². The molecule has 0 aliphatic heterocycles. The van der Waals surface area contributed by atoms with Gasteiger partial charge in [-0.3, -0.25) is 4.98 Å². The summed E-state index contributed by atoms with van der Waals surface area (Å²) in [5, 5.41) is 1.04. The molecule has 0 radical (unpaired) electrons. The molecule has 4 aromatic heterocycles. The van der Waals surface area contributed by atoms with Gasteiger partial charge in [0.15, 0.2) is 0 Å². The molecule has 0 amide bonds. The zero-order valence-electron chi connectivity index (χ0n) is 11.6. The topological polar surface area (TPSA) is 80.2 Å². The number of rotatable bonds is 3. The number of hydrogen-bond acceptors (Lipinski definition) is 5. The first kappa shape index (κ1) is 12.6.